The third-order valence-electron chi connectivity index (χ3n) is 2.96. The normalized spacial score (nSPS) is 10.7. The lowest BCUT2D eigenvalue weighted by molar-refractivity contribution is -0.133. The Labute approximate surface area is 122 Å². The van der Waals surface area contributed by atoms with Gasteiger partial charge in [0, 0.05) is 17.6 Å². The van der Waals surface area contributed by atoms with E-state index in [1.807, 2.05) is 11.5 Å². The van der Waals surface area contributed by atoms with E-state index in [0.29, 0.717) is 5.16 Å². The molecule has 5 heteroatoms. The van der Waals surface area contributed by atoms with E-state index < -0.39 is 5.97 Å². The second kappa shape index (κ2) is 6.61. The lowest BCUT2D eigenvalue weighted by Crippen LogP contribution is -2.03. The SMILES string of the molecule is CCCc1ccc(-n2c(C)cnc2SCC(=O)O)cc1. The van der Waals surface area contributed by atoms with Crippen LogP contribution in [0.1, 0.15) is 24.6 Å². The van der Waals surface area contributed by atoms with Crippen LogP contribution >= 0.6 is 11.8 Å². The summed E-state index contributed by atoms with van der Waals surface area (Å²) >= 11 is 1.24. The highest BCUT2D eigenvalue weighted by molar-refractivity contribution is 7.99. The van der Waals surface area contributed by atoms with Crippen molar-refractivity contribution in [2.75, 3.05) is 5.75 Å². The molecule has 1 aromatic carbocycles. The molecule has 0 radical (unpaired) electrons. The lowest BCUT2D eigenvalue weighted by Gasteiger charge is -2.10. The van der Waals surface area contributed by atoms with Gasteiger partial charge >= 0.3 is 5.97 Å². The number of aromatic nitrogens is 2. The summed E-state index contributed by atoms with van der Waals surface area (Å²) in [5, 5.41) is 9.50. The van der Waals surface area contributed by atoms with Crippen molar-refractivity contribution in [1.82, 2.24) is 9.55 Å². The fraction of sp³-hybridized carbons (Fsp3) is 0.333. The first-order valence-corrected chi connectivity index (χ1v) is 7.58. The zero-order valence-corrected chi connectivity index (χ0v) is 12.5. The molecule has 0 spiro atoms. The largest absolute Gasteiger partial charge is 0.481 e. The van der Waals surface area contributed by atoms with Gasteiger partial charge in [-0.15, -0.1) is 0 Å². The van der Waals surface area contributed by atoms with Crippen molar-refractivity contribution in [3.63, 3.8) is 0 Å². The van der Waals surface area contributed by atoms with Crippen molar-refractivity contribution in [3.8, 4) is 5.69 Å². The fourth-order valence-corrected chi connectivity index (χ4v) is 2.82. The molecule has 0 bridgehead atoms. The Balaban J connectivity index is 2.26. The van der Waals surface area contributed by atoms with E-state index in [-0.39, 0.29) is 5.75 Å². The summed E-state index contributed by atoms with van der Waals surface area (Å²) in [4.78, 5) is 15.0. The van der Waals surface area contributed by atoms with E-state index in [0.717, 1.165) is 24.2 Å². The Hall–Kier alpha value is -1.75. The van der Waals surface area contributed by atoms with Crippen LogP contribution in [0.3, 0.4) is 0 Å². The monoisotopic (exact) mass is 290 g/mol. The standard InChI is InChI=1S/C15H18N2O2S/c1-3-4-12-5-7-13(8-6-12)17-11(2)9-16-15(17)20-10-14(18)19/h5-9H,3-4,10H2,1-2H3,(H,18,19). The molecule has 2 rings (SSSR count). The highest BCUT2D eigenvalue weighted by Gasteiger charge is 2.11. The van der Waals surface area contributed by atoms with Crippen LogP contribution in [-0.4, -0.2) is 26.4 Å². The molecule has 4 nitrogen and oxygen atoms in total. The maximum absolute atomic E-state index is 10.7. The molecular formula is C15H18N2O2S. The van der Waals surface area contributed by atoms with Gasteiger partial charge in [0.25, 0.3) is 0 Å². The molecule has 0 saturated heterocycles. The van der Waals surface area contributed by atoms with E-state index in [2.05, 4.69) is 36.2 Å². The molecular weight excluding hydrogens is 272 g/mol. The predicted molar refractivity (Wildman–Crippen MR) is 80.7 cm³/mol. The first-order chi connectivity index (χ1) is 9.61. The van der Waals surface area contributed by atoms with Crippen LogP contribution in [0, 0.1) is 6.92 Å². The molecule has 1 aromatic heterocycles. The van der Waals surface area contributed by atoms with Gasteiger partial charge in [0.15, 0.2) is 5.16 Å². The quantitative estimate of drug-likeness (QED) is 0.829. The zero-order valence-electron chi connectivity index (χ0n) is 11.7. The fourth-order valence-electron chi connectivity index (χ4n) is 2.06. The third-order valence-corrected chi connectivity index (χ3v) is 3.90. The number of benzene rings is 1. The van der Waals surface area contributed by atoms with Crippen LogP contribution in [0.15, 0.2) is 35.6 Å². The molecule has 0 saturated carbocycles. The number of aryl methyl sites for hydroxylation is 2. The first kappa shape index (κ1) is 14.7. The van der Waals surface area contributed by atoms with Crippen molar-refractivity contribution >= 4 is 17.7 Å². The molecule has 1 N–H and O–H groups in total. The van der Waals surface area contributed by atoms with Crippen LogP contribution < -0.4 is 0 Å². The number of rotatable bonds is 6. The smallest absolute Gasteiger partial charge is 0.313 e. The number of aliphatic carboxylic acids is 1. The zero-order chi connectivity index (χ0) is 14.5. The van der Waals surface area contributed by atoms with Crippen molar-refractivity contribution < 1.29 is 9.90 Å². The van der Waals surface area contributed by atoms with Crippen LogP contribution in [0.4, 0.5) is 0 Å². The molecule has 106 valence electrons. The summed E-state index contributed by atoms with van der Waals surface area (Å²) < 4.78 is 1.99. The number of thioether (sulfide) groups is 1. The minimum absolute atomic E-state index is 0.0182. The molecule has 0 unspecified atom stereocenters. The first-order valence-electron chi connectivity index (χ1n) is 6.60. The van der Waals surface area contributed by atoms with Crippen molar-refractivity contribution in [2.45, 2.75) is 31.8 Å². The van der Waals surface area contributed by atoms with E-state index in [1.165, 1.54) is 17.3 Å². The highest BCUT2D eigenvalue weighted by atomic mass is 32.2. The Bertz CT molecular complexity index is 590. The van der Waals surface area contributed by atoms with Gasteiger partial charge in [-0.1, -0.05) is 37.2 Å². The highest BCUT2D eigenvalue weighted by Crippen LogP contribution is 2.23. The van der Waals surface area contributed by atoms with Crippen LogP contribution in [-0.2, 0) is 11.2 Å². The average molecular weight is 290 g/mol. The Morgan fingerprint density at radius 2 is 2.05 bits per heavy atom. The Morgan fingerprint density at radius 3 is 2.65 bits per heavy atom. The van der Waals surface area contributed by atoms with Crippen molar-refractivity contribution in [3.05, 3.63) is 41.7 Å². The van der Waals surface area contributed by atoms with Crippen LogP contribution in [0.5, 0.6) is 0 Å². The van der Waals surface area contributed by atoms with E-state index in [1.54, 1.807) is 6.20 Å². The minimum Gasteiger partial charge on any atom is -0.481 e. The van der Waals surface area contributed by atoms with Gasteiger partial charge in [-0.3, -0.25) is 9.36 Å². The number of carboxylic acid groups (broad SMARTS) is 1. The average Bonchev–Trinajstić information content (AvgIpc) is 2.79. The topological polar surface area (TPSA) is 55.1 Å². The third kappa shape index (κ3) is 3.42. The van der Waals surface area contributed by atoms with E-state index >= 15 is 0 Å². The number of hydrogen-bond acceptors (Lipinski definition) is 3. The summed E-state index contributed by atoms with van der Waals surface area (Å²) in [5.41, 5.74) is 3.34. The Morgan fingerprint density at radius 1 is 1.35 bits per heavy atom. The van der Waals surface area contributed by atoms with Crippen LogP contribution in [0.25, 0.3) is 5.69 Å². The van der Waals surface area contributed by atoms with Crippen molar-refractivity contribution in [1.29, 1.82) is 0 Å². The maximum Gasteiger partial charge on any atom is 0.313 e. The summed E-state index contributed by atoms with van der Waals surface area (Å²) in [5.74, 6) is -0.815. The second-order valence-corrected chi connectivity index (χ2v) is 5.56. The molecule has 1 heterocycles. The van der Waals surface area contributed by atoms with E-state index in [4.69, 9.17) is 5.11 Å². The summed E-state index contributed by atoms with van der Waals surface area (Å²) in [6.45, 7) is 4.13. The summed E-state index contributed by atoms with van der Waals surface area (Å²) in [7, 11) is 0. The summed E-state index contributed by atoms with van der Waals surface area (Å²) in [6, 6.07) is 8.35. The summed E-state index contributed by atoms with van der Waals surface area (Å²) in [6.07, 6.45) is 3.97. The van der Waals surface area contributed by atoms with Gasteiger partial charge in [0.2, 0.25) is 0 Å². The molecule has 0 fully saturated rings. The van der Waals surface area contributed by atoms with Gasteiger partial charge in [-0.2, -0.15) is 0 Å². The number of carboxylic acids is 1. The molecule has 2 aromatic rings. The molecule has 20 heavy (non-hydrogen) atoms. The lowest BCUT2D eigenvalue weighted by atomic mass is 10.1. The Kier molecular flexibility index (Phi) is 4.84. The van der Waals surface area contributed by atoms with Gasteiger partial charge in [0.05, 0.1) is 5.75 Å². The van der Waals surface area contributed by atoms with Gasteiger partial charge in [-0.25, -0.2) is 4.98 Å². The number of imidazole rings is 1. The molecule has 0 aliphatic rings. The van der Waals surface area contributed by atoms with Gasteiger partial charge in [-0.05, 0) is 31.0 Å². The van der Waals surface area contributed by atoms with Crippen LogP contribution in [0.2, 0.25) is 0 Å². The molecule has 0 amide bonds. The minimum atomic E-state index is -0.833. The van der Waals surface area contributed by atoms with E-state index in [9.17, 15) is 4.79 Å². The predicted octanol–water partition coefficient (Wildman–Crippen LogP) is 3.31. The molecule has 0 atom stereocenters. The number of hydrogen-bond donors (Lipinski definition) is 1. The molecule has 0 aliphatic carbocycles. The molecule has 0 aliphatic heterocycles. The number of nitrogens with zero attached hydrogens (tertiary/aromatic N) is 2. The second-order valence-electron chi connectivity index (χ2n) is 4.62. The van der Waals surface area contributed by atoms with Gasteiger partial charge < -0.3 is 5.11 Å². The van der Waals surface area contributed by atoms with Gasteiger partial charge in [0.1, 0.15) is 0 Å². The maximum atomic E-state index is 10.7. The van der Waals surface area contributed by atoms with Crippen molar-refractivity contribution in [2.24, 2.45) is 0 Å². The number of carbonyl (C=O) groups is 1.